The second-order valence-electron chi connectivity index (χ2n) is 9.60. The Labute approximate surface area is 151 Å². The zero-order chi connectivity index (χ0) is 17.2. The Hall–Kier alpha value is -1.35. The van der Waals surface area contributed by atoms with Gasteiger partial charge in [0.05, 0.1) is 26.2 Å². The van der Waals surface area contributed by atoms with Gasteiger partial charge >= 0.3 is 0 Å². The molecule has 3 aliphatic carbocycles. The summed E-state index contributed by atoms with van der Waals surface area (Å²) >= 11 is 0. The van der Waals surface area contributed by atoms with Crippen LogP contribution >= 0.6 is 0 Å². The van der Waals surface area contributed by atoms with Crippen LogP contribution in [0.4, 0.5) is 0 Å². The summed E-state index contributed by atoms with van der Waals surface area (Å²) < 4.78 is 1.30. The van der Waals surface area contributed by atoms with E-state index in [0.717, 1.165) is 17.9 Å². The SMILES string of the molecule is C[N+]1(CC2CC2)CCC23CCCCC2C1Cc1ccc(C(N)=O)cc13. The summed E-state index contributed by atoms with van der Waals surface area (Å²) in [5.74, 6) is 1.51. The molecule has 1 heterocycles. The molecule has 2 saturated carbocycles. The van der Waals surface area contributed by atoms with Crippen LogP contribution in [0.15, 0.2) is 18.2 Å². The molecule has 0 aromatic heterocycles. The summed E-state index contributed by atoms with van der Waals surface area (Å²) in [6.45, 7) is 2.71. The summed E-state index contributed by atoms with van der Waals surface area (Å²) in [5.41, 5.74) is 9.63. The fourth-order valence-electron chi connectivity index (χ4n) is 6.74. The highest BCUT2D eigenvalue weighted by Gasteiger charge is 2.59. The average Bonchev–Trinajstić information content (AvgIpc) is 3.42. The van der Waals surface area contributed by atoms with E-state index in [1.807, 2.05) is 6.07 Å². The zero-order valence-corrected chi connectivity index (χ0v) is 15.5. The fraction of sp³-hybridized carbons (Fsp3) is 0.682. The molecule has 4 unspecified atom stereocenters. The van der Waals surface area contributed by atoms with Crippen molar-refractivity contribution in [3.8, 4) is 0 Å². The summed E-state index contributed by atoms with van der Waals surface area (Å²) in [4.78, 5) is 11.8. The lowest BCUT2D eigenvalue weighted by atomic mass is 9.51. The Bertz CT molecular complexity index is 725. The lowest BCUT2D eigenvalue weighted by Gasteiger charge is -2.61. The largest absolute Gasteiger partial charge is 0.366 e. The number of amides is 1. The third kappa shape index (κ3) is 2.31. The standard InChI is InChI=1S/C22H30N2O/c1-24(14-15-5-6-15)11-10-22-9-3-2-4-18(22)20(24)13-16-7-8-17(21(23)25)12-19(16)22/h7-8,12,15,18,20H,2-6,9-11,13-14H2,1H3,(H-,23,25)/p+1. The third-order valence-corrected chi connectivity index (χ3v) is 8.16. The number of quaternary nitrogens is 1. The number of hydrogen-bond donors (Lipinski definition) is 1. The average molecular weight is 340 g/mol. The van der Waals surface area contributed by atoms with Crippen LogP contribution in [0.25, 0.3) is 0 Å². The van der Waals surface area contributed by atoms with Gasteiger partial charge in [-0.2, -0.15) is 0 Å². The molecular formula is C22H31N2O+. The minimum absolute atomic E-state index is 0.279. The predicted octanol–water partition coefficient (Wildman–Crippen LogP) is 3.40. The van der Waals surface area contributed by atoms with Crippen molar-refractivity contribution in [3.63, 3.8) is 0 Å². The molecule has 1 aromatic carbocycles. The molecule has 3 fully saturated rings. The predicted molar refractivity (Wildman–Crippen MR) is 99.3 cm³/mol. The van der Waals surface area contributed by atoms with Crippen molar-refractivity contribution in [2.24, 2.45) is 17.6 Å². The number of carbonyl (C=O) groups is 1. The summed E-state index contributed by atoms with van der Waals surface area (Å²) in [5, 5.41) is 0. The molecule has 3 heteroatoms. The van der Waals surface area contributed by atoms with Gasteiger partial charge in [0.2, 0.25) is 5.91 Å². The number of likely N-dealkylation sites (tertiary alicyclic amines) is 1. The van der Waals surface area contributed by atoms with E-state index in [1.165, 1.54) is 80.1 Å². The Kier molecular flexibility index (Phi) is 3.38. The van der Waals surface area contributed by atoms with Crippen molar-refractivity contribution < 1.29 is 9.28 Å². The van der Waals surface area contributed by atoms with Crippen LogP contribution in [0.5, 0.6) is 0 Å². The van der Waals surface area contributed by atoms with Gasteiger partial charge in [-0.25, -0.2) is 0 Å². The quantitative estimate of drug-likeness (QED) is 0.843. The first-order valence-electron chi connectivity index (χ1n) is 10.3. The Morgan fingerprint density at radius 3 is 2.84 bits per heavy atom. The Balaban J connectivity index is 1.61. The highest BCUT2D eigenvalue weighted by atomic mass is 16.1. The van der Waals surface area contributed by atoms with Gasteiger partial charge in [0.1, 0.15) is 0 Å². The van der Waals surface area contributed by atoms with Crippen LogP contribution in [-0.2, 0) is 11.8 Å². The number of piperidine rings is 1. The maximum atomic E-state index is 11.8. The van der Waals surface area contributed by atoms with Crippen LogP contribution in [-0.4, -0.2) is 36.6 Å². The fourth-order valence-corrected chi connectivity index (χ4v) is 6.74. The van der Waals surface area contributed by atoms with Gasteiger partial charge in [-0.1, -0.05) is 18.9 Å². The molecular weight excluding hydrogens is 308 g/mol. The smallest absolute Gasteiger partial charge is 0.248 e. The highest BCUT2D eigenvalue weighted by Crippen LogP contribution is 2.57. The van der Waals surface area contributed by atoms with Crippen molar-refractivity contribution in [2.75, 3.05) is 20.1 Å². The molecule has 1 aromatic rings. The van der Waals surface area contributed by atoms with E-state index in [2.05, 4.69) is 19.2 Å². The summed E-state index contributed by atoms with van der Waals surface area (Å²) in [6, 6.07) is 7.13. The van der Waals surface area contributed by atoms with Crippen molar-refractivity contribution in [1.29, 1.82) is 0 Å². The number of carbonyl (C=O) groups excluding carboxylic acids is 1. The zero-order valence-electron chi connectivity index (χ0n) is 15.5. The Morgan fingerprint density at radius 1 is 1.24 bits per heavy atom. The van der Waals surface area contributed by atoms with E-state index in [4.69, 9.17) is 5.73 Å². The van der Waals surface area contributed by atoms with E-state index in [9.17, 15) is 4.79 Å². The number of fused-ring (bicyclic) bond motifs is 1. The number of nitrogens with zero attached hydrogens (tertiary/aromatic N) is 1. The first kappa shape index (κ1) is 15.9. The maximum absolute atomic E-state index is 11.8. The van der Waals surface area contributed by atoms with E-state index >= 15 is 0 Å². The van der Waals surface area contributed by atoms with E-state index in [0.29, 0.717) is 11.0 Å². The molecule has 3 nitrogen and oxygen atoms in total. The van der Waals surface area contributed by atoms with Crippen LogP contribution < -0.4 is 5.73 Å². The second kappa shape index (κ2) is 5.33. The topological polar surface area (TPSA) is 43.1 Å². The number of likely N-dealkylation sites (N-methyl/N-ethyl adjacent to an activating group) is 1. The van der Waals surface area contributed by atoms with Gasteiger partial charge in [0.25, 0.3) is 0 Å². The van der Waals surface area contributed by atoms with Gasteiger partial charge in [-0.05, 0) is 48.9 Å². The number of nitrogens with two attached hydrogens (primary N) is 1. The van der Waals surface area contributed by atoms with Gasteiger partial charge in [0.15, 0.2) is 0 Å². The molecule has 1 saturated heterocycles. The first-order valence-corrected chi connectivity index (χ1v) is 10.3. The van der Waals surface area contributed by atoms with Gasteiger partial charge in [-0.3, -0.25) is 4.79 Å². The van der Waals surface area contributed by atoms with Crippen LogP contribution in [0.3, 0.4) is 0 Å². The van der Waals surface area contributed by atoms with Gasteiger partial charge in [-0.15, -0.1) is 0 Å². The summed E-state index contributed by atoms with van der Waals surface area (Å²) in [7, 11) is 2.55. The van der Waals surface area contributed by atoms with Gasteiger partial charge < -0.3 is 10.2 Å². The molecule has 4 aliphatic rings. The molecule has 25 heavy (non-hydrogen) atoms. The van der Waals surface area contributed by atoms with Crippen molar-refractivity contribution in [2.45, 2.75) is 62.8 Å². The van der Waals surface area contributed by atoms with Crippen LogP contribution in [0.1, 0.15) is 66.4 Å². The van der Waals surface area contributed by atoms with Crippen molar-refractivity contribution in [1.82, 2.24) is 0 Å². The summed E-state index contributed by atoms with van der Waals surface area (Å²) in [6.07, 6.45) is 10.8. The van der Waals surface area contributed by atoms with Crippen molar-refractivity contribution in [3.05, 3.63) is 34.9 Å². The molecule has 1 amide bonds. The molecule has 1 aliphatic heterocycles. The van der Waals surface area contributed by atoms with Gasteiger partial charge in [0, 0.05) is 35.7 Å². The van der Waals surface area contributed by atoms with Crippen LogP contribution in [0.2, 0.25) is 0 Å². The first-order chi connectivity index (χ1) is 12.0. The normalized spacial score (nSPS) is 39.4. The molecule has 5 rings (SSSR count). The molecule has 0 spiro atoms. The lowest BCUT2D eigenvalue weighted by molar-refractivity contribution is -0.946. The van der Waals surface area contributed by atoms with Crippen LogP contribution in [0, 0.1) is 11.8 Å². The Morgan fingerprint density at radius 2 is 2.08 bits per heavy atom. The number of rotatable bonds is 3. The second-order valence-corrected chi connectivity index (χ2v) is 9.60. The van der Waals surface area contributed by atoms with E-state index in [-0.39, 0.29) is 5.91 Å². The monoisotopic (exact) mass is 339 g/mol. The number of hydrogen-bond acceptors (Lipinski definition) is 1. The maximum Gasteiger partial charge on any atom is 0.248 e. The lowest BCUT2D eigenvalue weighted by Crippen LogP contribution is -2.68. The highest BCUT2D eigenvalue weighted by molar-refractivity contribution is 5.93. The van der Waals surface area contributed by atoms with E-state index in [1.54, 1.807) is 0 Å². The molecule has 134 valence electrons. The molecule has 4 atom stereocenters. The van der Waals surface area contributed by atoms with E-state index < -0.39 is 0 Å². The molecule has 2 N–H and O–H groups in total. The minimum atomic E-state index is -0.279. The molecule has 0 radical (unpaired) electrons. The molecule has 2 bridgehead atoms. The minimum Gasteiger partial charge on any atom is -0.366 e. The number of primary amides is 1. The third-order valence-electron chi connectivity index (χ3n) is 8.16. The number of benzene rings is 1. The van der Waals surface area contributed by atoms with Crippen molar-refractivity contribution >= 4 is 5.91 Å².